The molecule has 35 heavy (non-hydrogen) atoms. The number of amides is 1. The number of aromatic nitrogens is 2. The van der Waals surface area contributed by atoms with Gasteiger partial charge in [-0.3, -0.25) is 10.1 Å². The maximum absolute atomic E-state index is 13.1. The molecule has 11 nitrogen and oxygen atoms in total. The van der Waals surface area contributed by atoms with Crippen molar-refractivity contribution in [1.82, 2.24) is 14.3 Å². The van der Waals surface area contributed by atoms with Gasteiger partial charge in [-0.15, -0.1) is 0 Å². The van der Waals surface area contributed by atoms with Crippen LogP contribution in [0.2, 0.25) is 0 Å². The number of carbonyl (C=O) groups is 1. The Labute approximate surface area is 202 Å². The van der Waals surface area contributed by atoms with Crippen LogP contribution in [-0.2, 0) is 14.8 Å². The van der Waals surface area contributed by atoms with E-state index in [0.717, 1.165) is 10.2 Å². The third-order valence-corrected chi connectivity index (χ3v) is 7.34. The molecule has 186 valence electrons. The molecule has 1 fully saturated rings. The topological polar surface area (TPSA) is 145 Å². The molecule has 0 spiro atoms. The number of rotatable bonds is 6. The molecule has 1 aliphatic rings. The summed E-state index contributed by atoms with van der Waals surface area (Å²) in [6.45, 7) is 5.34. The van der Waals surface area contributed by atoms with Gasteiger partial charge in [-0.25, -0.2) is 22.2 Å². The fourth-order valence-corrected chi connectivity index (χ4v) is 5.49. The largest absolute Gasteiger partial charge is 0.444 e. The van der Waals surface area contributed by atoms with E-state index in [1.165, 1.54) is 24.4 Å². The fraction of sp³-hybridized carbons (Fsp3) is 0.391. The second-order valence-electron chi connectivity index (χ2n) is 9.44. The lowest BCUT2D eigenvalue weighted by molar-refractivity contribution is -0.384. The van der Waals surface area contributed by atoms with E-state index in [-0.39, 0.29) is 34.0 Å². The summed E-state index contributed by atoms with van der Waals surface area (Å²) in [5, 5.41) is 18.1. The SMILES string of the molecule is CC(C)(C)OC(=O)N[C@H]1CC[C@H](Nc2c([N+](=O)[O-])cnc3c2ccn3S(=O)(=O)c2ccccc2)C1. The molecule has 12 heteroatoms. The molecule has 1 aliphatic carbocycles. The molecule has 2 atom stereocenters. The van der Waals surface area contributed by atoms with Crippen LogP contribution in [0.3, 0.4) is 0 Å². The highest BCUT2D eigenvalue weighted by Gasteiger charge is 2.31. The van der Waals surface area contributed by atoms with Gasteiger partial charge < -0.3 is 15.4 Å². The summed E-state index contributed by atoms with van der Waals surface area (Å²) in [6, 6.07) is 9.07. The predicted octanol–water partition coefficient (Wildman–Crippen LogP) is 4.04. The number of pyridine rings is 1. The number of nitro groups is 1. The van der Waals surface area contributed by atoms with E-state index in [0.29, 0.717) is 24.6 Å². The Kier molecular flexibility index (Phi) is 6.41. The number of nitrogens with one attached hydrogen (secondary N) is 2. The first-order valence-electron chi connectivity index (χ1n) is 11.2. The molecular weight excluding hydrogens is 474 g/mol. The lowest BCUT2D eigenvalue weighted by Crippen LogP contribution is -2.38. The lowest BCUT2D eigenvalue weighted by Gasteiger charge is -2.22. The lowest BCUT2D eigenvalue weighted by atomic mass is 10.2. The van der Waals surface area contributed by atoms with Gasteiger partial charge in [0.05, 0.1) is 15.2 Å². The molecule has 4 rings (SSSR count). The molecular formula is C23H27N5O6S. The summed E-state index contributed by atoms with van der Waals surface area (Å²) < 4.78 is 32.6. The fourth-order valence-electron chi connectivity index (χ4n) is 4.16. The van der Waals surface area contributed by atoms with Crippen LogP contribution in [0.25, 0.3) is 11.0 Å². The molecule has 1 saturated carbocycles. The van der Waals surface area contributed by atoms with Crippen LogP contribution in [-0.4, -0.2) is 46.1 Å². The van der Waals surface area contributed by atoms with Crippen molar-refractivity contribution in [2.45, 2.75) is 62.6 Å². The molecule has 0 bridgehead atoms. The van der Waals surface area contributed by atoms with Crippen LogP contribution >= 0.6 is 0 Å². The average molecular weight is 502 g/mol. The van der Waals surface area contributed by atoms with E-state index in [1.54, 1.807) is 39.0 Å². The number of fused-ring (bicyclic) bond motifs is 1. The molecule has 0 radical (unpaired) electrons. The zero-order valence-corrected chi connectivity index (χ0v) is 20.4. The molecule has 0 unspecified atom stereocenters. The van der Waals surface area contributed by atoms with E-state index in [4.69, 9.17) is 4.74 Å². The minimum Gasteiger partial charge on any atom is -0.444 e. The summed E-state index contributed by atoms with van der Waals surface area (Å²) in [5.74, 6) is 0. The highest BCUT2D eigenvalue weighted by molar-refractivity contribution is 7.90. The van der Waals surface area contributed by atoms with Crippen LogP contribution in [0.5, 0.6) is 0 Å². The maximum atomic E-state index is 13.1. The number of carbonyl (C=O) groups excluding carboxylic acids is 1. The second kappa shape index (κ2) is 9.17. The van der Waals surface area contributed by atoms with E-state index in [1.807, 2.05) is 0 Å². The minimum absolute atomic E-state index is 0.0824. The van der Waals surface area contributed by atoms with Gasteiger partial charge in [0, 0.05) is 18.3 Å². The second-order valence-corrected chi connectivity index (χ2v) is 11.3. The van der Waals surface area contributed by atoms with Crippen molar-refractivity contribution in [3.05, 3.63) is 58.9 Å². The number of hydrogen-bond donors (Lipinski definition) is 2. The van der Waals surface area contributed by atoms with E-state index < -0.39 is 26.6 Å². The Morgan fingerprint density at radius 3 is 2.51 bits per heavy atom. The van der Waals surface area contributed by atoms with Gasteiger partial charge in [0.2, 0.25) is 0 Å². The molecule has 2 heterocycles. The van der Waals surface area contributed by atoms with Crippen molar-refractivity contribution in [3.63, 3.8) is 0 Å². The summed E-state index contributed by atoms with van der Waals surface area (Å²) >= 11 is 0. The van der Waals surface area contributed by atoms with Gasteiger partial charge in [0.1, 0.15) is 17.5 Å². The summed E-state index contributed by atoms with van der Waals surface area (Å²) in [6.07, 6.45) is 3.75. The monoisotopic (exact) mass is 501 g/mol. The Balaban J connectivity index is 1.61. The summed E-state index contributed by atoms with van der Waals surface area (Å²) in [7, 11) is -3.94. The highest BCUT2D eigenvalue weighted by atomic mass is 32.2. The number of benzene rings is 1. The Morgan fingerprint density at radius 2 is 1.86 bits per heavy atom. The van der Waals surface area contributed by atoms with Crippen LogP contribution < -0.4 is 10.6 Å². The van der Waals surface area contributed by atoms with Crippen molar-refractivity contribution in [3.8, 4) is 0 Å². The molecule has 0 aliphatic heterocycles. The minimum atomic E-state index is -3.94. The van der Waals surface area contributed by atoms with Crippen LogP contribution in [0.15, 0.2) is 53.7 Å². The van der Waals surface area contributed by atoms with Gasteiger partial charge in [-0.05, 0) is 58.2 Å². The molecule has 3 aromatic rings. The Hall–Kier alpha value is -3.67. The number of ether oxygens (including phenoxy) is 1. The Bertz CT molecular complexity index is 1360. The standard InChI is InChI=1S/C23H27N5O6S/c1-23(2,3)34-22(29)26-16-10-9-15(13-16)25-20-18-11-12-27(21(18)24-14-19(20)28(30)31)35(32,33)17-7-5-4-6-8-17/h4-8,11-12,14-16H,9-10,13H2,1-3H3,(H,24,25)(H,26,29)/t15-,16-/m0/s1. The smallest absolute Gasteiger partial charge is 0.407 e. The third-order valence-electron chi connectivity index (χ3n) is 5.66. The maximum Gasteiger partial charge on any atom is 0.407 e. The van der Waals surface area contributed by atoms with E-state index >= 15 is 0 Å². The Morgan fingerprint density at radius 1 is 1.17 bits per heavy atom. The van der Waals surface area contributed by atoms with Crippen molar-refractivity contribution >= 4 is 38.5 Å². The van der Waals surface area contributed by atoms with Crippen molar-refractivity contribution < 1.29 is 22.9 Å². The van der Waals surface area contributed by atoms with E-state index in [2.05, 4.69) is 15.6 Å². The first-order chi connectivity index (χ1) is 16.5. The molecule has 1 aromatic carbocycles. The zero-order valence-electron chi connectivity index (χ0n) is 19.6. The van der Waals surface area contributed by atoms with Crippen molar-refractivity contribution in [2.24, 2.45) is 0 Å². The number of hydrogen-bond acceptors (Lipinski definition) is 8. The number of anilines is 1. The van der Waals surface area contributed by atoms with Crippen molar-refractivity contribution in [2.75, 3.05) is 5.32 Å². The molecule has 1 amide bonds. The summed E-state index contributed by atoms with van der Waals surface area (Å²) in [4.78, 5) is 27.5. The van der Waals surface area contributed by atoms with Crippen LogP contribution in [0.1, 0.15) is 40.0 Å². The highest BCUT2D eigenvalue weighted by Crippen LogP contribution is 2.36. The average Bonchev–Trinajstić information content (AvgIpc) is 3.40. The number of alkyl carbamates (subject to hydrolysis) is 1. The normalized spacial score (nSPS) is 18.4. The zero-order chi connectivity index (χ0) is 25.4. The first-order valence-corrected chi connectivity index (χ1v) is 12.6. The van der Waals surface area contributed by atoms with Gasteiger partial charge in [-0.1, -0.05) is 18.2 Å². The van der Waals surface area contributed by atoms with Gasteiger partial charge in [0.25, 0.3) is 10.0 Å². The van der Waals surface area contributed by atoms with E-state index in [9.17, 15) is 23.3 Å². The third kappa shape index (κ3) is 5.21. The first kappa shape index (κ1) is 24.5. The molecule has 2 N–H and O–H groups in total. The van der Waals surface area contributed by atoms with Gasteiger partial charge >= 0.3 is 11.8 Å². The summed E-state index contributed by atoms with van der Waals surface area (Å²) in [5.41, 5.74) is -0.583. The number of nitrogens with zero attached hydrogens (tertiary/aromatic N) is 3. The van der Waals surface area contributed by atoms with Crippen LogP contribution in [0.4, 0.5) is 16.2 Å². The molecule has 2 aromatic heterocycles. The molecule has 0 saturated heterocycles. The van der Waals surface area contributed by atoms with Gasteiger partial charge in [0.15, 0.2) is 5.65 Å². The predicted molar refractivity (Wildman–Crippen MR) is 130 cm³/mol. The van der Waals surface area contributed by atoms with Crippen molar-refractivity contribution in [1.29, 1.82) is 0 Å². The quantitative estimate of drug-likeness (QED) is 0.380. The van der Waals surface area contributed by atoms with Crippen LogP contribution in [0, 0.1) is 10.1 Å². The van der Waals surface area contributed by atoms with Gasteiger partial charge in [-0.2, -0.15) is 0 Å².